The van der Waals surface area contributed by atoms with Crippen LogP contribution in [-0.4, -0.2) is 50.6 Å². The minimum absolute atomic E-state index is 0.00485. The van der Waals surface area contributed by atoms with E-state index in [9.17, 15) is 23.2 Å². The van der Waals surface area contributed by atoms with Crippen LogP contribution in [0.15, 0.2) is 59.5 Å². The molecule has 11 heteroatoms. The fraction of sp³-hybridized carbons (Fsp3) is 0.406. The third-order valence-corrected chi connectivity index (χ3v) is 9.48. The molecule has 1 aromatic heterocycles. The summed E-state index contributed by atoms with van der Waals surface area (Å²) in [6.45, 7) is 6.34. The van der Waals surface area contributed by atoms with Crippen molar-refractivity contribution in [2.24, 2.45) is 11.7 Å². The smallest absolute Gasteiger partial charge is 0.274 e. The number of pyridine rings is 1. The minimum Gasteiger partial charge on any atom is -0.483 e. The number of hydrogen-bond acceptors (Lipinski definition) is 6. The predicted octanol–water partition coefficient (Wildman–Crippen LogP) is 4.19. The third-order valence-electron chi connectivity index (χ3n) is 9.48. The zero-order valence-corrected chi connectivity index (χ0v) is 24.3. The summed E-state index contributed by atoms with van der Waals surface area (Å²) in [6.07, 6.45) is 2.52. The second-order valence-electron chi connectivity index (χ2n) is 11.8. The molecule has 5 atom stereocenters. The molecule has 1 unspecified atom stereocenters. The van der Waals surface area contributed by atoms with Crippen molar-refractivity contribution in [3.63, 3.8) is 0 Å². The molecule has 43 heavy (non-hydrogen) atoms. The lowest BCUT2D eigenvalue weighted by molar-refractivity contribution is -0.229. The largest absolute Gasteiger partial charge is 0.483 e. The van der Waals surface area contributed by atoms with Gasteiger partial charge >= 0.3 is 0 Å². The Balaban J connectivity index is 1.47. The van der Waals surface area contributed by atoms with Crippen molar-refractivity contribution in [2.45, 2.75) is 70.5 Å². The van der Waals surface area contributed by atoms with Crippen LogP contribution in [0, 0.1) is 17.6 Å². The van der Waals surface area contributed by atoms with Crippen LogP contribution in [-0.2, 0) is 18.0 Å². The average molecular weight is 593 g/mol. The fourth-order valence-electron chi connectivity index (χ4n) is 6.80. The van der Waals surface area contributed by atoms with Gasteiger partial charge in [-0.3, -0.25) is 19.2 Å². The molecule has 0 aliphatic carbocycles. The SMILES string of the molecule is CC1[C@H](C)[C@]2(CC[C@H](C)N3C[C@H]2n2cc(C(N)=O)c(=O)c(OCc4ccccc4)c2C3=O)ON1Cc1ccc(F)cc1F. The number of nitrogens with zero attached hydrogens (tertiary/aromatic N) is 3. The highest BCUT2D eigenvalue weighted by atomic mass is 19.1. The van der Waals surface area contributed by atoms with Crippen LogP contribution >= 0.6 is 0 Å². The summed E-state index contributed by atoms with van der Waals surface area (Å²) in [7, 11) is 0. The number of amides is 2. The van der Waals surface area contributed by atoms with Crippen LogP contribution in [0.4, 0.5) is 8.78 Å². The summed E-state index contributed by atoms with van der Waals surface area (Å²) >= 11 is 0. The number of hydrogen-bond donors (Lipinski definition) is 1. The summed E-state index contributed by atoms with van der Waals surface area (Å²) < 4.78 is 35.9. The van der Waals surface area contributed by atoms with E-state index >= 15 is 0 Å². The van der Waals surface area contributed by atoms with E-state index in [0.29, 0.717) is 12.8 Å². The molecule has 4 heterocycles. The molecule has 1 spiro atoms. The molecule has 2 N–H and O–H groups in total. The van der Waals surface area contributed by atoms with Crippen molar-refractivity contribution < 1.29 is 27.9 Å². The van der Waals surface area contributed by atoms with E-state index in [0.717, 1.165) is 11.6 Å². The number of halogens is 2. The van der Waals surface area contributed by atoms with Crippen molar-refractivity contribution in [1.82, 2.24) is 14.5 Å². The molecule has 3 aliphatic rings. The summed E-state index contributed by atoms with van der Waals surface area (Å²) in [6, 6.07) is 11.8. The van der Waals surface area contributed by atoms with Gasteiger partial charge in [0.15, 0.2) is 11.4 Å². The van der Waals surface area contributed by atoms with Gasteiger partial charge in [0.25, 0.3) is 11.8 Å². The van der Waals surface area contributed by atoms with E-state index in [-0.39, 0.29) is 66.2 Å². The van der Waals surface area contributed by atoms with Gasteiger partial charge in [0.2, 0.25) is 5.43 Å². The maximum absolute atomic E-state index is 14.7. The quantitative estimate of drug-likeness (QED) is 0.460. The highest BCUT2D eigenvalue weighted by molar-refractivity contribution is 5.99. The predicted molar refractivity (Wildman–Crippen MR) is 153 cm³/mol. The number of primary amides is 1. The fourth-order valence-corrected chi connectivity index (χ4v) is 6.80. The van der Waals surface area contributed by atoms with Crippen molar-refractivity contribution in [3.8, 4) is 5.75 Å². The first-order chi connectivity index (χ1) is 20.5. The van der Waals surface area contributed by atoms with Crippen molar-refractivity contribution in [3.05, 3.63) is 99.0 Å². The Labute approximate surface area is 247 Å². The van der Waals surface area contributed by atoms with Crippen LogP contribution in [0.2, 0.25) is 0 Å². The highest BCUT2D eigenvalue weighted by Crippen LogP contribution is 2.51. The number of benzene rings is 2. The lowest BCUT2D eigenvalue weighted by Gasteiger charge is -2.44. The van der Waals surface area contributed by atoms with Gasteiger partial charge in [0, 0.05) is 42.4 Å². The third kappa shape index (κ3) is 4.80. The number of carbonyl (C=O) groups is 2. The number of fused-ring (bicyclic) bond motifs is 5. The van der Waals surface area contributed by atoms with Gasteiger partial charge in [-0.25, -0.2) is 8.78 Å². The summed E-state index contributed by atoms with van der Waals surface area (Å²) in [5.41, 5.74) is 4.85. The molecule has 226 valence electrons. The molecule has 9 nitrogen and oxygen atoms in total. The van der Waals surface area contributed by atoms with Crippen LogP contribution in [0.1, 0.15) is 71.6 Å². The molecule has 2 fully saturated rings. The molecule has 2 saturated heterocycles. The summed E-state index contributed by atoms with van der Waals surface area (Å²) in [4.78, 5) is 48.6. The van der Waals surface area contributed by atoms with Gasteiger partial charge in [-0.1, -0.05) is 43.3 Å². The van der Waals surface area contributed by atoms with Gasteiger partial charge in [0.05, 0.1) is 12.6 Å². The van der Waals surface area contributed by atoms with Gasteiger partial charge in [-0.2, -0.15) is 5.06 Å². The Morgan fingerprint density at radius 3 is 2.56 bits per heavy atom. The molecule has 0 radical (unpaired) electrons. The summed E-state index contributed by atoms with van der Waals surface area (Å²) in [5.74, 6) is -2.99. The first-order valence-electron chi connectivity index (χ1n) is 14.5. The lowest BCUT2D eigenvalue weighted by atomic mass is 9.76. The van der Waals surface area contributed by atoms with Gasteiger partial charge in [-0.15, -0.1) is 0 Å². The van der Waals surface area contributed by atoms with E-state index in [2.05, 4.69) is 0 Å². The number of aromatic nitrogens is 1. The van der Waals surface area contributed by atoms with Crippen molar-refractivity contribution >= 4 is 11.8 Å². The maximum atomic E-state index is 14.7. The van der Waals surface area contributed by atoms with E-state index < -0.39 is 34.6 Å². The Morgan fingerprint density at radius 1 is 1.12 bits per heavy atom. The first-order valence-corrected chi connectivity index (χ1v) is 14.5. The molecule has 2 aromatic carbocycles. The number of rotatable bonds is 6. The van der Waals surface area contributed by atoms with Crippen LogP contribution in [0.3, 0.4) is 0 Å². The molecule has 6 rings (SSSR count). The standard InChI is InChI=1S/C32H34F2N4O5/c1-18-11-12-32(19(2)20(3)38(43-32)14-22-9-10-23(33)13-25(22)34)26-16-36(18)31(41)27-29(42-17-21-7-5-4-6-8-21)28(39)24(30(35)40)15-37(26)27/h4-10,13,15,18-20,26H,11-12,14,16-17H2,1-3H3,(H2,35,40)/t18-,19-,20?,26+,32-/m0/s1. The van der Waals surface area contributed by atoms with E-state index in [1.165, 1.54) is 18.3 Å². The van der Waals surface area contributed by atoms with Crippen molar-refractivity contribution in [1.29, 1.82) is 0 Å². The average Bonchev–Trinajstić information content (AvgIpc) is 3.13. The van der Waals surface area contributed by atoms with E-state index in [4.69, 9.17) is 15.3 Å². The van der Waals surface area contributed by atoms with Gasteiger partial charge in [0.1, 0.15) is 29.4 Å². The van der Waals surface area contributed by atoms with Gasteiger partial charge < -0.3 is 19.9 Å². The lowest BCUT2D eigenvalue weighted by Crippen LogP contribution is -2.54. The molecule has 3 aromatic rings. The zero-order chi connectivity index (χ0) is 30.6. The molecular formula is C32H34F2N4O5. The Hall–Kier alpha value is -4.09. The van der Waals surface area contributed by atoms with Crippen molar-refractivity contribution in [2.75, 3.05) is 6.54 Å². The number of carbonyl (C=O) groups excluding carboxylic acids is 2. The normalized spacial score (nSPS) is 26.8. The van der Waals surface area contributed by atoms with Gasteiger partial charge in [-0.05, 0) is 38.3 Å². The van der Waals surface area contributed by atoms with Crippen LogP contribution in [0.5, 0.6) is 5.75 Å². The molecular weight excluding hydrogens is 558 g/mol. The first kappa shape index (κ1) is 29.0. The molecule has 3 aliphatic heterocycles. The monoisotopic (exact) mass is 592 g/mol. The molecule has 0 saturated carbocycles. The maximum Gasteiger partial charge on any atom is 0.274 e. The number of ether oxygens (including phenoxy) is 1. The Kier molecular flexibility index (Phi) is 7.34. The highest BCUT2D eigenvalue weighted by Gasteiger charge is 2.59. The zero-order valence-electron chi connectivity index (χ0n) is 24.3. The van der Waals surface area contributed by atoms with Crippen LogP contribution < -0.4 is 15.9 Å². The Morgan fingerprint density at radius 2 is 1.86 bits per heavy atom. The Bertz CT molecular complexity index is 1650. The van der Waals surface area contributed by atoms with E-state index in [1.54, 1.807) is 14.5 Å². The topological polar surface area (TPSA) is 107 Å². The molecule has 2 amide bonds. The minimum atomic E-state index is -0.932. The molecule has 2 bridgehead atoms. The van der Waals surface area contributed by atoms with E-state index in [1.807, 2.05) is 51.1 Å². The second kappa shape index (κ2) is 10.9. The second-order valence-corrected chi connectivity index (χ2v) is 11.8. The number of nitrogens with two attached hydrogens (primary N) is 1. The van der Waals surface area contributed by atoms with Crippen LogP contribution in [0.25, 0.3) is 0 Å². The number of hydroxylamine groups is 2. The summed E-state index contributed by atoms with van der Waals surface area (Å²) in [5, 5.41) is 1.71.